The predicted molar refractivity (Wildman–Crippen MR) is 122 cm³/mol. The monoisotopic (exact) mass is 401 g/mol. The van der Waals surface area contributed by atoms with Crippen molar-refractivity contribution in [2.75, 3.05) is 19.6 Å². The normalized spacial score (nSPS) is 21.8. The summed E-state index contributed by atoms with van der Waals surface area (Å²) in [4.78, 5) is 2.57. The van der Waals surface area contributed by atoms with Crippen molar-refractivity contribution in [2.24, 2.45) is 5.92 Å². The number of benzene rings is 2. The van der Waals surface area contributed by atoms with E-state index in [2.05, 4.69) is 94.1 Å². The Bertz CT molecular complexity index is 703. The molecule has 3 rings (SSSR count). The van der Waals surface area contributed by atoms with Gasteiger partial charge in [0, 0.05) is 25.0 Å². The lowest BCUT2D eigenvalue weighted by molar-refractivity contribution is -0.0708. The Kier molecular flexibility index (Phi) is 8.12. The zero-order valence-corrected chi connectivity index (χ0v) is 18.8. The molecule has 1 fully saturated rings. The topological polar surface area (TPSA) is 12.5 Å². The van der Waals surface area contributed by atoms with Gasteiger partial charge in [0.15, 0.2) is 0 Å². The third kappa shape index (κ3) is 5.83. The van der Waals surface area contributed by atoms with Crippen LogP contribution in [0.4, 0.5) is 0 Å². The number of nitrogens with zero attached hydrogens (tertiary/aromatic N) is 1. The van der Waals surface area contributed by atoms with E-state index in [4.69, 9.17) is 4.74 Å². The fraction of sp³-hybridized carbons (Fsp3) is 0.520. The van der Waals surface area contributed by atoms with E-state index in [0.717, 1.165) is 26.1 Å². The average molecular weight is 402 g/mol. The number of halogens is 1. The second-order valence-corrected chi connectivity index (χ2v) is 8.97. The molecule has 2 aromatic carbocycles. The molecule has 1 saturated heterocycles. The van der Waals surface area contributed by atoms with E-state index in [1.54, 1.807) is 0 Å². The van der Waals surface area contributed by atoms with Gasteiger partial charge in [0.1, 0.15) is 0 Å². The van der Waals surface area contributed by atoms with Crippen LogP contribution in [0.3, 0.4) is 0 Å². The van der Waals surface area contributed by atoms with Crippen molar-refractivity contribution in [3.05, 3.63) is 71.3 Å². The van der Waals surface area contributed by atoms with Crippen molar-refractivity contribution in [3.63, 3.8) is 0 Å². The molecule has 1 heterocycles. The Labute approximate surface area is 177 Å². The maximum absolute atomic E-state index is 5.86. The van der Waals surface area contributed by atoms with Gasteiger partial charge in [-0.15, -0.1) is 12.4 Å². The van der Waals surface area contributed by atoms with Crippen molar-refractivity contribution >= 4 is 12.4 Å². The molecule has 0 amide bonds. The molecule has 0 bridgehead atoms. The van der Waals surface area contributed by atoms with E-state index in [1.165, 1.54) is 16.7 Å². The lowest BCUT2D eigenvalue weighted by Gasteiger charge is -2.36. The van der Waals surface area contributed by atoms with Gasteiger partial charge in [0.25, 0.3) is 0 Å². The molecule has 0 N–H and O–H groups in total. The predicted octanol–water partition coefficient (Wildman–Crippen LogP) is 5.72. The Morgan fingerprint density at radius 2 is 1.46 bits per heavy atom. The highest BCUT2D eigenvalue weighted by atomic mass is 35.5. The third-order valence-electron chi connectivity index (χ3n) is 5.82. The third-order valence-corrected chi connectivity index (χ3v) is 5.82. The van der Waals surface area contributed by atoms with Crippen molar-refractivity contribution in [1.82, 2.24) is 4.90 Å². The molecule has 0 aliphatic carbocycles. The highest BCUT2D eigenvalue weighted by molar-refractivity contribution is 5.85. The fourth-order valence-electron chi connectivity index (χ4n) is 4.42. The van der Waals surface area contributed by atoms with E-state index < -0.39 is 0 Å². The van der Waals surface area contributed by atoms with Gasteiger partial charge >= 0.3 is 0 Å². The molecule has 154 valence electrons. The molecule has 3 heteroatoms. The SMILES string of the molecule is CC(Cc1ccc(C(C)(C)c2ccccc2)cc1)CN1CC(C)OC(C)C1.Cl. The molecule has 1 aliphatic heterocycles. The van der Waals surface area contributed by atoms with Crippen molar-refractivity contribution < 1.29 is 4.74 Å². The zero-order chi connectivity index (χ0) is 19.4. The van der Waals surface area contributed by atoms with Crippen LogP contribution in [-0.4, -0.2) is 36.7 Å². The molecule has 3 unspecified atom stereocenters. The second kappa shape index (κ2) is 9.91. The highest BCUT2D eigenvalue weighted by Gasteiger charge is 2.24. The summed E-state index contributed by atoms with van der Waals surface area (Å²) in [6, 6.07) is 20.0. The molecular formula is C25H36ClNO. The molecule has 0 saturated carbocycles. The summed E-state index contributed by atoms with van der Waals surface area (Å²) in [6.07, 6.45) is 1.83. The summed E-state index contributed by atoms with van der Waals surface area (Å²) in [5.41, 5.74) is 4.21. The van der Waals surface area contributed by atoms with E-state index in [0.29, 0.717) is 18.1 Å². The summed E-state index contributed by atoms with van der Waals surface area (Å²) in [7, 11) is 0. The zero-order valence-electron chi connectivity index (χ0n) is 18.0. The Morgan fingerprint density at radius 3 is 2.04 bits per heavy atom. The quantitative estimate of drug-likeness (QED) is 0.613. The van der Waals surface area contributed by atoms with Crippen LogP contribution in [0.5, 0.6) is 0 Å². The molecule has 3 atom stereocenters. The standard InChI is InChI=1S/C25H35NO.ClH/c1-19(16-26-17-20(2)27-21(3)18-26)15-22-11-13-24(14-12-22)25(4,5)23-9-7-6-8-10-23;/h6-14,19-21H,15-18H2,1-5H3;1H. The van der Waals surface area contributed by atoms with Crippen molar-refractivity contribution in [1.29, 1.82) is 0 Å². The minimum atomic E-state index is 0. The summed E-state index contributed by atoms with van der Waals surface area (Å²) in [5.74, 6) is 0.649. The molecule has 0 radical (unpaired) electrons. The molecule has 2 nitrogen and oxygen atoms in total. The minimum Gasteiger partial charge on any atom is -0.373 e. The Hall–Kier alpha value is -1.35. The molecule has 28 heavy (non-hydrogen) atoms. The van der Waals surface area contributed by atoms with Gasteiger partial charge in [0.2, 0.25) is 0 Å². The largest absolute Gasteiger partial charge is 0.373 e. The van der Waals surface area contributed by atoms with Crippen molar-refractivity contribution in [3.8, 4) is 0 Å². The molecule has 0 spiro atoms. The van der Waals surface area contributed by atoms with Gasteiger partial charge in [-0.1, -0.05) is 75.4 Å². The lowest BCUT2D eigenvalue weighted by Crippen LogP contribution is -2.47. The van der Waals surface area contributed by atoms with Gasteiger partial charge in [0.05, 0.1) is 12.2 Å². The van der Waals surface area contributed by atoms with E-state index in [1.807, 2.05) is 0 Å². The smallest absolute Gasteiger partial charge is 0.0678 e. The van der Waals surface area contributed by atoms with E-state index >= 15 is 0 Å². The number of rotatable bonds is 6. The van der Waals surface area contributed by atoms with Crippen LogP contribution in [-0.2, 0) is 16.6 Å². The molecule has 0 aromatic heterocycles. The van der Waals surface area contributed by atoms with Crippen LogP contribution in [0.2, 0.25) is 0 Å². The van der Waals surface area contributed by atoms with Crippen LogP contribution in [0.1, 0.15) is 51.3 Å². The Morgan fingerprint density at radius 1 is 0.929 bits per heavy atom. The average Bonchev–Trinajstić information content (AvgIpc) is 2.62. The first-order valence-corrected chi connectivity index (χ1v) is 10.4. The highest BCUT2D eigenvalue weighted by Crippen LogP contribution is 2.31. The Balaban J connectivity index is 0.00000280. The lowest BCUT2D eigenvalue weighted by atomic mass is 9.78. The van der Waals surface area contributed by atoms with Crippen LogP contribution in [0.25, 0.3) is 0 Å². The number of hydrogen-bond acceptors (Lipinski definition) is 2. The van der Waals surface area contributed by atoms with Crippen molar-refractivity contribution in [2.45, 2.75) is 58.7 Å². The summed E-state index contributed by atoms with van der Waals surface area (Å²) < 4.78 is 5.86. The van der Waals surface area contributed by atoms with Gasteiger partial charge in [-0.25, -0.2) is 0 Å². The first-order valence-electron chi connectivity index (χ1n) is 10.4. The van der Waals surface area contributed by atoms with Gasteiger partial charge < -0.3 is 4.74 Å². The summed E-state index contributed by atoms with van der Waals surface area (Å²) in [5, 5.41) is 0. The van der Waals surface area contributed by atoms with Gasteiger partial charge in [-0.3, -0.25) is 4.90 Å². The molecular weight excluding hydrogens is 366 g/mol. The minimum absolute atomic E-state index is 0. The van der Waals surface area contributed by atoms with E-state index in [-0.39, 0.29) is 17.8 Å². The maximum atomic E-state index is 5.86. The summed E-state index contributed by atoms with van der Waals surface area (Å²) in [6.45, 7) is 14.6. The number of ether oxygens (including phenoxy) is 1. The molecule has 2 aromatic rings. The maximum Gasteiger partial charge on any atom is 0.0678 e. The van der Waals surface area contributed by atoms with Gasteiger partial charge in [-0.2, -0.15) is 0 Å². The second-order valence-electron chi connectivity index (χ2n) is 8.97. The molecule has 1 aliphatic rings. The van der Waals surface area contributed by atoms with Crippen LogP contribution < -0.4 is 0 Å². The number of morpholine rings is 1. The fourth-order valence-corrected chi connectivity index (χ4v) is 4.42. The summed E-state index contributed by atoms with van der Waals surface area (Å²) >= 11 is 0. The van der Waals surface area contributed by atoms with Crippen LogP contribution >= 0.6 is 12.4 Å². The van der Waals surface area contributed by atoms with Gasteiger partial charge in [-0.05, 0) is 42.9 Å². The van der Waals surface area contributed by atoms with Crippen LogP contribution in [0.15, 0.2) is 54.6 Å². The number of hydrogen-bond donors (Lipinski definition) is 0. The van der Waals surface area contributed by atoms with E-state index in [9.17, 15) is 0 Å². The first kappa shape index (κ1) is 22.9. The van der Waals surface area contributed by atoms with Crippen LogP contribution in [0, 0.1) is 5.92 Å². The first-order chi connectivity index (χ1) is 12.8.